The molecule has 0 bridgehead atoms. The van der Waals surface area contributed by atoms with Crippen LogP contribution in [0.15, 0.2) is 99.6 Å². The number of benzene rings is 3. The van der Waals surface area contributed by atoms with Crippen LogP contribution < -0.4 is 0 Å². The minimum absolute atomic E-state index is 0.158. The van der Waals surface area contributed by atoms with E-state index in [9.17, 15) is 4.79 Å². The van der Waals surface area contributed by atoms with Crippen LogP contribution in [0.25, 0.3) is 0 Å². The van der Waals surface area contributed by atoms with Crippen LogP contribution in [0.4, 0.5) is 0 Å². The lowest BCUT2D eigenvalue weighted by Gasteiger charge is -2.30. The Labute approximate surface area is 180 Å². The third kappa shape index (κ3) is 5.44. The van der Waals surface area contributed by atoms with Gasteiger partial charge in [-0.25, -0.2) is 0 Å². The predicted octanol–water partition coefficient (Wildman–Crippen LogP) is 5.53. The Hall–Kier alpha value is -2.21. The highest BCUT2D eigenvalue weighted by Gasteiger charge is 2.28. The van der Waals surface area contributed by atoms with Crippen molar-refractivity contribution in [1.82, 2.24) is 4.90 Å². The van der Waals surface area contributed by atoms with Gasteiger partial charge in [-0.2, -0.15) is 0 Å². The van der Waals surface area contributed by atoms with Gasteiger partial charge in [0, 0.05) is 27.8 Å². The molecular formula is C24H23NO2S2. The van der Waals surface area contributed by atoms with Gasteiger partial charge in [0.25, 0.3) is 0 Å². The fourth-order valence-corrected chi connectivity index (χ4v) is 5.15. The number of amides is 1. The average Bonchev–Trinajstić information content (AvgIpc) is 2.80. The number of nitrogens with zero attached hydrogens (tertiary/aromatic N) is 1. The maximum absolute atomic E-state index is 13.3. The van der Waals surface area contributed by atoms with E-state index in [-0.39, 0.29) is 11.2 Å². The van der Waals surface area contributed by atoms with Crippen LogP contribution in [-0.2, 0) is 9.53 Å². The second-order valence-corrected chi connectivity index (χ2v) is 9.06. The zero-order valence-corrected chi connectivity index (χ0v) is 17.7. The van der Waals surface area contributed by atoms with Crippen LogP contribution in [0.2, 0.25) is 0 Å². The molecule has 1 saturated heterocycles. The highest BCUT2D eigenvalue weighted by atomic mass is 32.2. The molecule has 0 saturated carbocycles. The van der Waals surface area contributed by atoms with E-state index in [1.54, 1.807) is 23.5 Å². The monoisotopic (exact) mass is 421 g/mol. The van der Waals surface area contributed by atoms with Crippen LogP contribution in [-0.4, -0.2) is 37.1 Å². The first-order chi connectivity index (χ1) is 14.3. The van der Waals surface area contributed by atoms with E-state index < -0.39 is 0 Å². The van der Waals surface area contributed by atoms with Gasteiger partial charge in [-0.15, -0.1) is 11.8 Å². The summed E-state index contributed by atoms with van der Waals surface area (Å²) in [6, 6.07) is 28.9. The van der Waals surface area contributed by atoms with E-state index >= 15 is 0 Å². The summed E-state index contributed by atoms with van der Waals surface area (Å²) in [5, 5.41) is -0.258. The van der Waals surface area contributed by atoms with Crippen molar-refractivity contribution in [2.24, 2.45) is 0 Å². The summed E-state index contributed by atoms with van der Waals surface area (Å²) >= 11 is 3.34. The number of carbonyl (C=O) groups is 1. The molecule has 1 amide bonds. The second kappa shape index (κ2) is 10.0. The second-order valence-electron chi connectivity index (χ2n) is 6.73. The molecule has 1 fully saturated rings. The summed E-state index contributed by atoms with van der Waals surface area (Å²) in [6.45, 7) is 2.54. The third-order valence-electron chi connectivity index (χ3n) is 4.71. The van der Waals surface area contributed by atoms with Gasteiger partial charge < -0.3 is 9.64 Å². The van der Waals surface area contributed by atoms with E-state index in [1.165, 1.54) is 9.79 Å². The molecular weight excluding hydrogens is 398 g/mol. The maximum Gasteiger partial charge on any atom is 0.240 e. The normalized spacial score (nSPS) is 15.1. The van der Waals surface area contributed by atoms with Crippen LogP contribution in [0, 0.1) is 0 Å². The molecule has 0 N–H and O–H groups in total. The Balaban J connectivity index is 1.55. The van der Waals surface area contributed by atoms with Gasteiger partial charge in [-0.3, -0.25) is 4.79 Å². The molecule has 1 aliphatic rings. The first-order valence-electron chi connectivity index (χ1n) is 9.71. The maximum atomic E-state index is 13.3. The first-order valence-corrected chi connectivity index (χ1v) is 11.4. The molecule has 3 aromatic carbocycles. The smallest absolute Gasteiger partial charge is 0.240 e. The van der Waals surface area contributed by atoms with Crippen molar-refractivity contribution in [2.75, 3.05) is 26.3 Å². The molecule has 0 spiro atoms. The van der Waals surface area contributed by atoms with E-state index in [4.69, 9.17) is 4.74 Å². The van der Waals surface area contributed by atoms with Gasteiger partial charge in [0.2, 0.25) is 5.91 Å². The standard InChI is InChI=1S/C24H23NO2S2/c26-24(25-15-17-27-18-16-25)23(29-21-9-5-2-6-10-21)19-11-13-22(14-12-19)28-20-7-3-1-4-8-20/h1-14,23H,15-18H2/t23-/m0/s1. The molecule has 3 aromatic rings. The van der Waals surface area contributed by atoms with Crippen molar-refractivity contribution < 1.29 is 9.53 Å². The minimum atomic E-state index is -0.258. The van der Waals surface area contributed by atoms with Crippen LogP contribution in [0.3, 0.4) is 0 Å². The average molecular weight is 422 g/mol. The fourth-order valence-electron chi connectivity index (χ4n) is 3.18. The molecule has 0 radical (unpaired) electrons. The number of morpholine rings is 1. The largest absolute Gasteiger partial charge is 0.378 e. The van der Waals surface area contributed by atoms with Gasteiger partial charge >= 0.3 is 0 Å². The highest BCUT2D eigenvalue weighted by Crippen LogP contribution is 2.38. The molecule has 1 aliphatic heterocycles. The third-order valence-corrected chi connectivity index (χ3v) is 6.98. The highest BCUT2D eigenvalue weighted by molar-refractivity contribution is 8.00. The molecule has 4 rings (SSSR count). The molecule has 0 aliphatic carbocycles. The molecule has 1 heterocycles. The van der Waals surface area contributed by atoms with Gasteiger partial charge in [0.1, 0.15) is 5.25 Å². The van der Waals surface area contributed by atoms with Gasteiger partial charge in [-0.05, 0) is 42.0 Å². The topological polar surface area (TPSA) is 29.5 Å². The van der Waals surface area contributed by atoms with Crippen molar-refractivity contribution in [1.29, 1.82) is 0 Å². The number of ether oxygens (including phenoxy) is 1. The molecule has 0 unspecified atom stereocenters. The summed E-state index contributed by atoms with van der Waals surface area (Å²) in [4.78, 5) is 18.7. The molecule has 29 heavy (non-hydrogen) atoms. The summed E-state index contributed by atoms with van der Waals surface area (Å²) in [5.74, 6) is 0.158. The Kier molecular flexibility index (Phi) is 6.93. The number of thioether (sulfide) groups is 1. The molecule has 1 atom stereocenters. The Bertz CT molecular complexity index is 911. The van der Waals surface area contributed by atoms with Gasteiger partial charge in [0.05, 0.1) is 13.2 Å². The number of hydrogen-bond acceptors (Lipinski definition) is 4. The molecule has 3 nitrogen and oxygen atoms in total. The van der Waals surface area contributed by atoms with Crippen molar-refractivity contribution in [3.8, 4) is 0 Å². The van der Waals surface area contributed by atoms with Crippen molar-refractivity contribution >= 4 is 29.4 Å². The lowest BCUT2D eigenvalue weighted by molar-refractivity contribution is -0.134. The van der Waals surface area contributed by atoms with Gasteiger partial charge in [-0.1, -0.05) is 60.3 Å². The Morgan fingerprint density at radius 1 is 0.759 bits per heavy atom. The first kappa shape index (κ1) is 20.1. The molecule has 5 heteroatoms. The zero-order valence-electron chi connectivity index (χ0n) is 16.1. The van der Waals surface area contributed by atoms with Crippen LogP contribution >= 0.6 is 23.5 Å². The van der Waals surface area contributed by atoms with Crippen molar-refractivity contribution in [3.05, 3.63) is 90.5 Å². The number of carbonyl (C=O) groups excluding carboxylic acids is 1. The zero-order chi connectivity index (χ0) is 19.9. The Morgan fingerprint density at radius 2 is 1.31 bits per heavy atom. The number of rotatable bonds is 6. The lowest BCUT2D eigenvalue weighted by Crippen LogP contribution is -2.42. The predicted molar refractivity (Wildman–Crippen MR) is 119 cm³/mol. The summed E-state index contributed by atoms with van der Waals surface area (Å²) < 4.78 is 5.42. The van der Waals surface area contributed by atoms with Crippen LogP contribution in [0.5, 0.6) is 0 Å². The van der Waals surface area contributed by atoms with E-state index in [2.05, 4.69) is 48.5 Å². The van der Waals surface area contributed by atoms with Gasteiger partial charge in [0.15, 0.2) is 0 Å². The van der Waals surface area contributed by atoms with Crippen molar-refractivity contribution in [3.63, 3.8) is 0 Å². The lowest BCUT2D eigenvalue weighted by atomic mass is 10.1. The minimum Gasteiger partial charge on any atom is -0.378 e. The Morgan fingerprint density at radius 3 is 1.93 bits per heavy atom. The molecule has 148 valence electrons. The van der Waals surface area contributed by atoms with E-state index in [0.29, 0.717) is 26.3 Å². The summed E-state index contributed by atoms with van der Waals surface area (Å²) in [6.07, 6.45) is 0. The number of hydrogen-bond donors (Lipinski definition) is 0. The quantitative estimate of drug-likeness (QED) is 0.490. The van der Waals surface area contributed by atoms with Crippen LogP contribution in [0.1, 0.15) is 10.8 Å². The van der Waals surface area contributed by atoms with Crippen molar-refractivity contribution in [2.45, 2.75) is 19.9 Å². The van der Waals surface area contributed by atoms with E-state index in [0.717, 1.165) is 10.5 Å². The SMILES string of the molecule is O=C([C@@H](Sc1ccccc1)c1ccc(Sc2ccccc2)cc1)N1CCOCC1. The molecule has 0 aromatic heterocycles. The summed E-state index contributed by atoms with van der Waals surface area (Å²) in [7, 11) is 0. The van der Waals surface area contributed by atoms with E-state index in [1.807, 2.05) is 41.3 Å². The fraction of sp³-hybridized carbons (Fsp3) is 0.208. The summed E-state index contributed by atoms with van der Waals surface area (Å²) in [5.41, 5.74) is 1.03.